The van der Waals surface area contributed by atoms with Crippen molar-refractivity contribution in [2.45, 2.75) is 25.3 Å². The fourth-order valence-electron chi connectivity index (χ4n) is 3.16. The van der Waals surface area contributed by atoms with Crippen LogP contribution in [0, 0.1) is 5.92 Å². The van der Waals surface area contributed by atoms with Gasteiger partial charge in [-0.25, -0.2) is 0 Å². The first-order valence-electron chi connectivity index (χ1n) is 9.09. The van der Waals surface area contributed by atoms with E-state index < -0.39 is 6.04 Å². The molecule has 3 rings (SSSR count). The van der Waals surface area contributed by atoms with E-state index in [2.05, 4.69) is 16.0 Å². The summed E-state index contributed by atoms with van der Waals surface area (Å²) in [5, 5.41) is 9.14. The van der Waals surface area contributed by atoms with E-state index in [4.69, 9.17) is 4.42 Å². The van der Waals surface area contributed by atoms with E-state index in [0.717, 1.165) is 31.5 Å². The highest BCUT2D eigenvalue weighted by molar-refractivity contribution is 5.95. The number of carbonyl (C=O) groups excluding carboxylic acids is 2. The van der Waals surface area contributed by atoms with Crippen molar-refractivity contribution in [3.05, 3.63) is 60.1 Å². The van der Waals surface area contributed by atoms with Gasteiger partial charge in [0.2, 0.25) is 5.91 Å². The van der Waals surface area contributed by atoms with Gasteiger partial charge in [-0.15, -0.1) is 12.4 Å². The van der Waals surface area contributed by atoms with Crippen LogP contribution in [0.5, 0.6) is 0 Å². The Hall–Kier alpha value is -2.31. The monoisotopic (exact) mass is 391 g/mol. The van der Waals surface area contributed by atoms with Gasteiger partial charge in [-0.1, -0.05) is 30.3 Å². The van der Waals surface area contributed by atoms with Crippen LogP contribution in [-0.4, -0.2) is 37.5 Å². The Morgan fingerprint density at radius 2 is 2.00 bits per heavy atom. The van der Waals surface area contributed by atoms with E-state index in [1.165, 1.54) is 6.26 Å². The number of furan rings is 1. The number of halogens is 1. The minimum atomic E-state index is -0.647. The fourth-order valence-corrected chi connectivity index (χ4v) is 3.16. The van der Waals surface area contributed by atoms with E-state index in [1.807, 2.05) is 30.3 Å². The maximum atomic E-state index is 12.7. The average Bonchev–Trinajstić information content (AvgIpc) is 3.22. The molecular formula is C20H26ClN3O3. The van der Waals surface area contributed by atoms with Crippen molar-refractivity contribution < 1.29 is 14.0 Å². The number of hydrogen-bond donors (Lipinski definition) is 3. The lowest BCUT2D eigenvalue weighted by Gasteiger charge is -2.24. The summed E-state index contributed by atoms with van der Waals surface area (Å²) >= 11 is 0. The zero-order valence-electron chi connectivity index (χ0n) is 15.1. The van der Waals surface area contributed by atoms with Crippen LogP contribution < -0.4 is 16.0 Å². The lowest BCUT2D eigenvalue weighted by molar-refractivity contribution is -0.123. The van der Waals surface area contributed by atoms with Gasteiger partial charge in [0.1, 0.15) is 6.04 Å². The molecule has 1 aromatic heterocycles. The van der Waals surface area contributed by atoms with Crippen LogP contribution in [-0.2, 0) is 11.2 Å². The van der Waals surface area contributed by atoms with Crippen molar-refractivity contribution in [2.75, 3.05) is 19.6 Å². The van der Waals surface area contributed by atoms with Crippen LogP contribution in [0.3, 0.4) is 0 Å². The molecule has 0 radical (unpaired) electrons. The van der Waals surface area contributed by atoms with E-state index in [1.54, 1.807) is 12.1 Å². The zero-order chi connectivity index (χ0) is 18.2. The molecule has 2 unspecified atom stereocenters. The van der Waals surface area contributed by atoms with Gasteiger partial charge >= 0.3 is 0 Å². The summed E-state index contributed by atoms with van der Waals surface area (Å²) in [6.45, 7) is 2.58. The molecule has 0 saturated carbocycles. The summed E-state index contributed by atoms with van der Waals surface area (Å²) < 4.78 is 5.13. The number of piperidine rings is 1. The van der Waals surface area contributed by atoms with E-state index in [-0.39, 0.29) is 30.0 Å². The molecule has 27 heavy (non-hydrogen) atoms. The van der Waals surface area contributed by atoms with Crippen molar-refractivity contribution >= 4 is 24.2 Å². The number of nitrogens with one attached hydrogen (secondary N) is 3. The Balaban J connectivity index is 0.00000261. The first kappa shape index (κ1) is 21.0. The second kappa shape index (κ2) is 10.7. The normalized spacial score (nSPS) is 17.4. The number of carbonyl (C=O) groups is 2. The molecule has 3 N–H and O–H groups in total. The molecule has 1 aliphatic rings. The minimum Gasteiger partial charge on any atom is -0.459 e. The van der Waals surface area contributed by atoms with Crippen molar-refractivity contribution in [1.29, 1.82) is 0 Å². The lowest BCUT2D eigenvalue weighted by Crippen LogP contribution is -2.49. The smallest absolute Gasteiger partial charge is 0.287 e. The quantitative estimate of drug-likeness (QED) is 0.675. The Morgan fingerprint density at radius 3 is 2.67 bits per heavy atom. The number of amides is 2. The Labute approximate surface area is 165 Å². The van der Waals surface area contributed by atoms with Gasteiger partial charge in [-0.2, -0.15) is 0 Å². The molecule has 1 aromatic carbocycles. The molecule has 2 atom stereocenters. The van der Waals surface area contributed by atoms with Gasteiger partial charge in [-0.05, 0) is 49.5 Å². The Bertz CT molecular complexity index is 701. The maximum Gasteiger partial charge on any atom is 0.287 e. The molecule has 0 bridgehead atoms. The average molecular weight is 392 g/mol. The van der Waals surface area contributed by atoms with Crippen molar-refractivity contribution in [3.63, 3.8) is 0 Å². The Morgan fingerprint density at radius 1 is 1.19 bits per heavy atom. The minimum absolute atomic E-state index is 0. The zero-order valence-corrected chi connectivity index (χ0v) is 16.0. The SMILES string of the molecule is Cl.O=C(NC(Cc1ccccc1)C(=O)NCC1CCCNC1)c1ccco1. The first-order valence-corrected chi connectivity index (χ1v) is 9.09. The molecule has 146 valence electrons. The third kappa shape index (κ3) is 6.41. The summed E-state index contributed by atoms with van der Waals surface area (Å²) in [7, 11) is 0. The van der Waals surface area contributed by atoms with Crippen LogP contribution in [0.4, 0.5) is 0 Å². The third-order valence-corrected chi connectivity index (χ3v) is 4.61. The molecule has 2 aromatic rings. The molecule has 1 fully saturated rings. The summed E-state index contributed by atoms with van der Waals surface area (Å²) in [5.41, 5.74) is 0.992. The molecule has 1 saturated heterocycles. The predicted molar refractivity (Wildman–Crippen MR) is 106 cm³/mol. The van der Waals surface area contributed by atoms with Crippen molar-refractivity contribution in [3.8, 4) is 0 Å². The second-order valence-electron chi connectivity index (χ2n) is 6.65. The maximum absolute atomic E-state index is 12.7. The van der Waals surface area contributed by atoms with Gasteiger partial charge in [0.25, 0.3) is 5.91 Å². The standard InChI is InChI=1S/C20H25N3O3.ClH/c24-19(22-14-16-8-4-10-21-13-16)17(12-15-6-2-1-3-7-15)23-20(25)18-9-5-11-26-18;/h1-3,5-7,9,11,16-17,21H,4,8,10,12-14H2,(H,22,24)(H,23,25);1H. The highest BCUT2D eigenvalue weighted by Gasteiger charge is 2.24. The topological polar surface area (TPSA) is 83.4 Å². The van der Waals surface area contributed by atoms with Gasteiger partial charge in [0, 0.05) is 13.0 Å². The molecule has 6 nitrogen and oxygen atoms in total. The van der Waals surface area contributed by atoms with Gasteiger partial charge in [0.15, 0.2) is 5.76 Å². The lowest BCUT2D eigenvalue weighted by atomic mass is 9.99. The number of rotatable bonds is 7. The van der Waals surface area contributed by atoms with Gasteiger partial charge in [0.05, 0.1) is 6.26 Å². The second-order valence-corrected chi connectivity index (χ2v) is 6.65. The predicted octanol–water partition coefficient (Wildman–Crippen LogP) is 2.16. The van der Waals surface area contributed by atoms with Crippen LogP contribution in [0.15, 0.2) is 53.1 Å². The van der Waals surface area contributed by atoms with E-state index >= 15 is 0 Å². The molecular weight excluding hydrogens is 366 g/mol. The third-order valence-electron chi connectivity index (χ3n) is 4.61. The highest BCUT2D eigenvalue weighted by atomic mass is 35.5. The van der Waals surface area contributed by atoms with Gasteiger partial charge in [-0.3, -0.25) is 9.59 Å². The van der Waals surface area contributed by atoms with Crippen LogP contribution in [0.25, 0.3) is 0 Å². The number of hydrogen-bond acceptors (Lipinski definition) is 4. The fraction of sp³-hybridized carbons (Fsp3) is 0.400. The Kier molecular flexibility index (Phi) is 8.36. The summed E-state index contributed by atoms with van der Waals surface area (Å²) in [4.78, 5) is 25.0. The molecule has 2 amide bonds. The summed E-state index contributed by atoms with van der Waals surface area (Å²) in [6.07, 6.45) is 4.11. The van der Waals surface area contributed by atoms with Gasteiger partial charge < -0.3 is 20.4 Å². The molecule has 1 aliphatic heterocycles. The molecule has 0 aliphatic carbocycles. The van der Waals surface area contributed by atoms with Crippen molar-refractivity contribution in [1.82, 2.24) is 16.0 Å². The first-order chi connectivity index (χ1) is 12.7. The highest BCUT2D eigenvalue weighted by Crippen LogP contribution is 2.09. The largest absolute Gasteiger partial charge is 0.459 e. The van der Waals surface area contributed by atoms with Crippen LogP contribution in [0.1, 0.15) is 29.0 Å². The number of benzene rings is 1. The summed E-state index contributed by atoms with van der Waals surface area (Å²) in [5.74, 6) is 0.0861. The molecule has 2 heterocycles. The van der Waals surface area contributed by atoms with Crippen molar-refractivity contribution in [2.24, 2.45) is 5.92 Å². The van der Waals surface area contributed by atoms with E-state index in [0.29, 0.717) is 18.9 Å². The van der Waals surface area contributed by atoms with Crippen LogP contribution in [0.2, 0.25) is 0 Å². The van der Waals surface area contributed by atoms with Crippen LogP contribution >= 0.6 is 12.4 Å². The summed E-state index contributed by atoms with van der Waals surface area (Å²) in [6, 6.07) is 12.3. The molecule has 0 spiro atoms. The van der Waals surface area contributed by atoms with E-state index in [9.17, 15) is 9.59 Å². The molecule has 7 heteroatoms.